The van der Waals surface area contributed by atoms with Gasteiger partial charge < -0.3 is 5.32 Å². The maximum Gasteiger partial charge on any atom is 0.0374 e. The molecule has 0 aliphatic heterocycles. The molecule has 0 saturated heterocycles. The second kappa shape index (κ2) is 5.52. The Morgan fingerprint density at radius 2 is 1.90 bits per heavy atom. The molecule has 20 heavy (non-hydrogen) atoms. The van der Waals surface area contributed by atoms with Crippen LogP contribution >= 0.6 is 0 Å². The Labute approximate surface area is 125 Å². The minimum absolute atomic E-state index is 0.339. The summed E-state index contributed by atoms with van der Waals surface area (Å²) < 4.78 is 0. The lowest BCUT2D eigenvalue weighted by molar-refractivity contribution is 0.178. The number of hydrogen-bond acceptors (Lipinski definition) is 1. The third kappa shape index (κ3) is 3.25. The molecule has 1 N–H and O–H groups in total. The first kappa shape index (κ1) is 15.6. The van der Waals surface area contributed by atoms with E-state index in [2.05, 4.69) is 71.1 Å². The summed E-state index contributed by atoms with van der Waals surface area (Å²) in [4.78, 5) is 0. The number of rotatable bonds is 3. The molecule has 0 aromatic heterocycles. The molecule has 0 amide bonds. The lowest BCUT2D eigenvalue weighted by Gasteiger charge is -2.42. The Balaban J connectivity index is 2.16. The third-order valence-corrected chi connectivity index (χ3v) is 5.29. The van der Waals surface area contributed by atoms with Crippen molar-refractivity contribution in [3.8, 4) is 0 Å². The average Bonchev–Trinajstić information content (AvgIpc) is 2.35. The van der Waals surface area contributed by atoms with E-state index >= 15 is 0 Å². The van der Waals surface area contributed by atoms with E-state index in [1.54, 1.807) is 0 Å². The maximum atomic E-state index is 3.87. The molecule has 0 saturated carbocycles. The minimum Gasteiger partial charge on any atom is -0.309 e. The van der Waals surface area contributed by atoms with Crippen molar-refractivity contribution in [3.05, 3.63) is 35.4 Å². The molecule has 2 unspecified atom stereocenters. The zero-order valence-electron chi connectivity index (χ0n) is 14.1. The Morgan fingerprint density at radius 1 is 1.25 bits per heavy atom. The summed E-state index contributed by atoms with van der Waals surface area (Å²) in [6, 6.07) is 9.45. The first-order valence-electron chi connectivity index (χ1n) is 8.03. The van der Waals surface area contributed by atoms with E-state index in [0.717, 1.165) is 6.54 Å². The number of benzene rings is 1. The highest BCUT2D eigenvalue weighted by molar-refractivity contribution is 5.34. The minimum atomic E-state index is 0.339. The smallest absolute Gasteiger partial charge is 0.0374 e. The highest BCUT2D eigenvalue weighted by atomic mass is 14.9. The quantitative estimate of drug-likeness (QED) is 0.819. The normalized spacial score (nSPS) is 23.2. The fourth-order valence-electron chi connectivity index (χ4n) is 3.05. The average molecular weight is 273 g/mol. The fraction of sp³-hybridized carbons (Fsp3) is 0.684. The summed E-state index contributed by atoms with van der Waals surface area (Å²) >= 11 is 0. The summed E-state index contributed by atoms with van der Waals surface area (Å²) in [6.07, 6.45) is 2.49. The monoisotopic (exact) mass is 273 g/mol. The van der Waals surface area contributed by atoms with Crippen LogP contribution in [0, 0.1) is 16.7 Å². The van der Waals surface area contributed by atoms with E-state index < -0.39 is 0 Å². The van der Waals surface area contributed by atoms with Crippen molar-refractivity contribution >= 4 is 0 Å². The van der Waals surface area contributed by atoms with Crippen LogP contribution in [0.1, 0.15) is 65.1 Å². The van der Waals surface area contributed by atoms with Crippen molar-refractivity contribution < 1.29 is 0 Å². The van der Waals surface area contributed by atoms with Gasteiger partial charge in [0, 0.05) is 6.04 Å². The zero-order chi connectivity index (χ0) is 15.0. The Kier molecular flexibility index (Phi) is 4.30. The maximum absolute atomic E-state index is 3.87. The van der Waals surface area contributed by atoms with Crippen LogP contribution in [0.5, 0.6) is 0 Å². The molecular weight excluding hydrogens is 242 g/mol. The van der Waals surface area contributed by atoms with Gasteiger partial charge in [0.1, 0.15) is 0 Å². The lowest BCUT2D eigenvalue weighted by Crippen LogP contribution is -2.41. The van der Waals surface area contributed by atoms with Crippen LogP contribution in [0.15, 0.2) is 24.3 Å². The molecule has 1 aromatic carbocycles. The van der Waals surface area contributed by atoms with Gasteiger partial charge in [0.15, 0.2) is 0 Å². The van der Waals surface area contributed by atoms with Gasteiger partial charge >= 0.3 is 0 Å². The number of nitrogens with one attached hydrogen (secondary N) is 1. The summed E-state index contributed by atoms with van der Waals surface area (Å²) in [5.41, 5.74) is 3.76. The van der Waals surface area contributed by atoms with Crippen molar-refractivity contribution in [1.82, 2.24) is 5.32 Å². The molecule has 2 rings (SSSR count). The highest BCUT2D eigenvalue weighted by Crippen LogP contribution is 2.43. The molecule has 0 radical (unpaired) electrons. The second-order valence-electron chi connectivity index (χ2n) is 8.30. The molecule has 0 spiro atoms. The molecule has 0 fully saturated rings. The van der Waals surface area contributed by atoms with Crippen molar-refractivity contribution in [3.63, 3.8) is 0 Å². The molecule has 0 bridgehead atoms. The predicted octanol–water partition coefficient (Wildman–Crippen LogP) is 4.97. The van der Waals surface area contributed by atoms with E-state index in [1.165, 1.54) is 24.0 Å². The van der Waals surface area contributed by atoms with Gasteiger partial charge in [-0.15, -0.1) is 0 Å². The van der Waals surface area contributed by atoms with Crippen LogP contribution in [0.2, 0.25) is 0 Å². The van der Waals surface area contributed by atoms with Crippen molar-refractivity contribution in [2.75, 3.05) is 6.54 Å². The van der Waals surface area contributed by atoms with Gasteiger partial charge in [0.25, 0.3) is 0 Å². The standard InChI is InChI=1S/C19H31N/c1-14(18(2,3)4)13-20-17-16-10-8-7-9-15(16)11-12-19(17,5)6/h7-10,14,17,20H,11-13H2,1-6H3. The third-order valence-electron chi connectivity index (χ3n) is 5.29. The molecule has 2 atom stereocenters. The van der Waals surface area contributed by atoms with E-state index in [1.807, 2.05) is 0 Å². The number of hydrogen-bond donors (Lipinski definition) is 1. The van der Waals surface area contributed by atoms with Crippen LogP contribution in [0.3, 0.4) is 0 Å². The molecule has 1 aliphatic rings. The summed E-state index contributed by atoms with van der Waals surface area (Å²) in [5.74, 6) is 0.674. The number of fused-ring (bicyclic) bond motifs is 1. The Hall–Kier alpha value is -0.820. The molecule has 1 aliphatic carbocycles. The van der Waals surface area contributed by atoms with Crippen LogP contribution in [0.25, 0.3) is 0 Å². The van der Waals surface area contributed by atoms with Gasteiger partial charge in [-0.3, -0.25) is 0 Å². The molecule has 0 heterocycles. The van der Waals surface area contributed by atoms with Crippen LogP contribution < -0.4 is 5.32 Å². The van der Waals surface area contributed by atoms with Gasteiger partial charge in [0.2, 0.25) is 0 Å². The lowest BCUT2D eigenvalue weighted by atomic mass is 9.70. The topological polar surface area (TPSA) is 12.0 Å². The van der Waals surface area contributed by atoms with Gasteiger partial charge in [0.05, 0.1) is 0 Å². The Bertz CT molecular complexity index is 453. The Morgan fingerprint density at radius 3 is 2.55 bits per heavy atom. The molecule has 112 valence electrons. The summed E-state index contributed by atoms with van der Waals surface area (Å²) in [6.45, 7) is 15.3. The fourth-order valence-corrected chi connectivity index (χ4v) is 3.05. The number of aryl methyl sites for hydroxylation is 1. The molecule has 1 nitrogen and oxygen atoms in total. The van der Waals surface area contributed by atoms with Crippen LogP contribution in [0.4, 0.5) is 0 Å². The van der Waals surface area contributed by atoms with Crippen LogP contribution in [-0.2, 0) is 6.42 Å². The SMILES string of the molecule is CC(CNC1c2ccccc2CCC1(C)C)C(C)(C)C. The first-order valence-corrected chi connectivity index (χ1v) is 8.03. The summed E-state index contributed by atoms with van der Waals surface area (Å²) in [7, 11) is 0. The zero-order valence-corrected chi connectivity index (χ0v) is 14.1. The van der Waals surface area contributed by atoms with E-state index in [4.69, 9.17) is 0 Å². The molecular formula is C19H31N. The van der Waals surface area contributed by atoms with Crippen molar-refractivity contribution in [1.29, 1.82) is 0 Å². The van der Waals surface area contributed by atoms with Gasteiger partial charge in [-0.05, 0) is 47.3 Å². The molecule has 1 aromatic rings. The van der Waals surface area contributed by atoms with Crippen LogP contribution in [-0.4, -0.2) is 6.54 Å². The first-order chi connectivity index (χ1) is 9.22. The highest BCUT2D eigenvalue weighted by Gasteiger charge is 2.35. The van der Waals surface area contributed by atoms with Crippen molar-refractivity contribution in [2.24, 2.45) is 16.7 Å². The van der Waals surface area contributed by atoms with Gasteiger partial charge in [-0.2, -0.15) is 0 Å². The van der Waals surface area contributed by atoms with Gasteiger partial charge in [-0.25, -0.2) is 0 Å². The van der Waals surface area contributed by atoms with Crippen molar-refractivity contribution in [2.45, 2.75) is 60.4 Å². The summed E-state index contributed by atoms with van der Waals surface area (Å²) in [5, 5.41) is 3.87. The van der Waals surface area contributed by atoms with Gasteiger partial charge in [-0.1, -0.05) is 65.8 Å². The molecule has 1 heteroatoms. The largest absolute Gasteiger partial charge is 0.309 e. The second-order valence-corrected chi connectivity index (χ2v) is 8.30. The van der Waals surface area contributed by atoms with E-state index in [9.17, 15) is 0 Å². The predicted molar refractivity (Wildman–Crippen MR) is 87.9 cm³/mol. The van der Waals surface area contributed by atoms with E-state index in [0.29, 0.717) is 22.8 Å². The van der Waals surface area contributed by atoms with E-state index in [-0.39, 0.29) is 0 Å².